The highest BCUT2D eigenvalue weighted by atomic mass is 35.5. The Morgan fingerprint density at radius 1 is 1.14 bits per heavy atom. The number of benzene rings is 2. The van der Waals surface area contributed by atoms with E-state index in [1.165, 1.54) is 12.1 Å². The predicted molar refractivity (Wildman–Crippen MR) is 145 cm³/mol. The Morgan fingerprint density at radius 3 is 2.43 bits per heavy atom. The summed E-state index contributed by atoms with van der Waals surface area (Å²) in [6.45, 7) is 3.16. The van der Waals surface area contributed by atoms with E-state index in [4.69, 9.17) is 38.7 Å². The van der Waals surface area contributed by atoms with Crippen LogP contribution in [0.4, 0.5) is 10.1 Å². The quantitative estimate of drug-likeness (QED) is 0.250. The Bertz CT molecular complexity index is 1200. The minimum atomic E-state index is -0.957. The third kappa shape index (κ3) is 7.56. The number of nitrogens with two attached hydrogens (primary N) is 1. The van der Waals surface area contributed by atoms with E-state index in [0.717, 1.165) is 16.7 Å². The zero-order chi connectivity index (χ0) is 26.9. The van der Waals surface area contributed by atoms with E-state index in [0.29, 0.717) is 36.2 Å². The van der Waals surface area contributed by atoms with Crippen LogP contribution in [0.1, 0.15) is 18.3 Å². The topological polar surface area (TPSA) is 102 Å². The molecule has 0 bridgehead atoms. The molecule has 1 aromatic heterocycles. The van der Waals surface area contributed by atoms with E-state index in [2.05, 4.69) is 10.2 Å². The van der Waals surface area contributed by atoms with Gasteiger partial charge in [-0.15, -0.1) is 23.2 Å². The molecule has 2 atom stereocenters. The van der Waals surface area contributed by atoms with E-state index >= 15 is 0 Å². The molecule has 11 heteroatoms. The Labute approximate surface area is 225 Å². The average Bonchev–Trinajstić information content (AvgIpc) is 3.19. The number of alkyl halides is 2. The maximum atomic E-state index is 13.3. The first-order valence-electron chi connectivity index (χ1n) is 12.1. The number of hydrogen-bond donors (Lipinski definition) is 2. The zero-order valence-corrected chi connectivity index (χ0v) is 22.4. The molecule has 200 valence electrons. The van der Waals surface area contributed by atoms with E-state index in [1.54, 1.807) is 19.1 Å². The molecule has 2 aromatic carbocycles. The van der Waals surface area contributed by atoms with Crippen molar-refractivity contribution in [3.63, 3.8) is 0 Å². The molecule has 0 aliphatic heterocycles. The van der Waals surface area contributed by atoms with Crippen LogP contribution in [0.5, 0.6) is 0 Å². The SMILES string of the molecule is CCOC(=O)C(Cc1ccc(F)cc1)NC(=O)C(N)Cc1nc2cc(N(CCCl)CCCl)ccc2n1C. The lowest BCUT2D eigenvalue weighted by molar-refractivity contribution is -0.147. The highest BCUT2D eigenvalue weighted by Gasteiger charge is 2.26. The number of anilines is 1. The molecule has 37 heavy (non-hydrogen) atoms. The van der Waals surface area contributed by atoms with Crippen molar-refractivity contribution in [1.29, 1.82) is 0 Å². The van der Waals surface area contributed by atoms with Gasteiger partial charge in [-0.2, -0.15) is 0 Å². The molecular formula is C26H32Cl2FN5O3. The van der Waals surface area contributed by atoms with Crippen LogP contribution in [0.2, 0.25) is 0 Å². The van der Waals surface area contributed by atoms with E-state index in [1.807, 2.05) is 29.8 Å². The van der Waals surface area contributed by atoms with E-state index < -0.39 is 24.0 Å². The summed E-state index contributed by atoms with van der Waals surface area (Å²) in [5, 5.41) is 2.69. The number of aryl methyl sites for hydroxylation is 1. The Balaban J connectivity index is 1.74. The molecule has 0 saturated carbocycles. The summed E-state index contributed by atoms with van der Waals surface area (Å²) in [5.41, 5.74) is 9.52. The summed E-state index contributed by atoms with van der Waals surface area (Å²) in [7, 11) is 1.86. The maximum Gasteiger partial charge on any atom is 0.328 e. The molecule has 0 fully saturated rings. The normalized spacial score (nSPS) is 12.8. The van der Waals surface area contributed by atoms with Gasteiger partial charge in [0.1, 0.15) is 17.7 Å². The van der Waals surface area contributed by atoms with Gasteiger partial charge in [0, 0.05) is 50.4 Å². The molecule has 0 aliphatic rings. The second-order valence-electron chi connectivity index (χ2n) is 8.58. The molecule has 1 amide bonds. The molecule has 1 heterocycles. The lowest BCUT2D eigenvalue weighted by Crippen LogP contribution is -2.50. The van der Waals surface area contributed by atoms with Crippen LogP contribution >= 0.6 is 23.2 Å². The first-order valence-corrected chi connectivity index (χ1v) is 13.1. The van der Waals surface area contributed by atoms with Gasteiger partial charge in [0.25, 0.3) is 0 Å². The molecule has 3 aromatic rings. The Morgan fingerprint density at radius 2 is 1.81 bits per heavy atom. The van der Waals surface area contributed by atoms with Crippen molar-refractivity contribution in [2.75, 3.05) is 36.4 Å². The molecule has 2 unspecified atom stereocenters. The van der Waals surface area contributed by atoms with Crippen molar-refractivity contribution in [3.05, 3.63) is 59.7 Å². The van der Waals surface area contributed by atoms with Crippen molar-refractivity contribution in [1.82, 2.24) is 14.9 Å². The fraction of sp³-hybridized carbons (Fsp3) is 0.423. The van der Waals surface area contributed by atoms with Gasteiger partial charge in [-0.05, 0) is 42.8 Å². The number of carbonyl (C=O) groups excluding carboxylic acids is 2. The van der Waals surface area contributed by atoms with Gasteiger partial charge in [0.15, 0.2) is 0 Å². The Kier molecular flexibility index (Phi) is 10.5. The summed E-state index contributed by atoms with van der Waals surface area (Å²) < 4.78 is 20.3. The lowest BCUT2D eigenvalue weighted by Gasteiger charge is -2.22. The van der Waals surface area contributed by atoms with Crippen molar-refractivity contribution < 1.29 is 18.7 Å². The number of fused-ring (bicyclic) bond motifs is 1. The number of nitrogens with one attached hydrogen (secondary N) is 1. The van der Waals surface area contributed by atoms with Crippen LogP contribution in [0.25, 0.3) is 11.0 Å². The molecule has 8 nitrogen and oxygen atoms in total. The minimum absolute atomic E-state index is 0.147. The number of hydrogen-bond acceptors (Lipinski definition) is 6. The monoisotopic (exact) mass is 551 g/mol. The van der Waals surface area contributed by atoms with E-state index in [9.17, 15) is 14.0 Å². The maximum absolute atomic E-state index is 13.3. The first kappa shape index (κ1) is 28.7. The molecule has 0 spiro atoms. The second kappa shape index (κ2) is 13.6. The van der Waals surface area contributed by atoms with Gasteiger partial charge >= 0.3 is 5.97 Å². The lowest BCUT2D eigenvalue weighted by atomic mass is 10.0. The summed E-state index contributed by atoms with van der Waals surface area (Å²) in [6.07, 6.45) is 0.305. The Hall–Kier alpha value is -2.88. The largest absolute Gasteiger partial charge is 0.464 e. The summed E-state index contributed by atoms with van der Waals surface area (Å²) in [6, 6.07) is 9.71. The zero-order valence-electron chi connectivity index (χ0n) is 20.9. The summed E-state index contributed by atoms with van der Waals surface area (Å²) >= 11 is 11.9. The molecule has 0 saturated heterocycles. The predicted octanol–water partition coefficient (Wildman–Crippen LogP) is 3.16. The molecule has 0 radical (unpaired) electrons. The highest BCUT2D eigenvalue weighted by Crippen LogP contribution is 2.23. The van der Waals surface area contributed by atoms with Crippen LogP contribution < -0.4 is 16.0 Å². The van der Waals surface area contributed by atoms with Gasteiger partial charge in [0.05, 0.1) is 23.7 Å². The minimum Gasteiger partial charge on any atom is -0.464 e. The molecule has 3 N–H and O–H groups in total. The van der Waals surface area contributed by atoms with Crippen LogP contribution in [0.15, 0.2) is 42.5 Å². The number of rotatable bonds is 13. The fourth-order valence-corrected chi connectivity index (χ4v) is 4.46. The standard InChI is InChI=1S/C26H32Cl2FN5O3/c1-3-37-26(36)22(14-17-4-6-18(29)7-5-17)32-25(35)20(30)16-24-31-21-15-19(8-9-23(21)33(24)2)34(12-10-27)13-11-28/h4-9,15,20,22H,3,10-14,16,30H2,1-2H3,(H,32,35). The third-order valence-corrected chi connectivity index (χ3v) is 6.35. The van der Waals surface area contributed by atoms with Gasteiger partial charge < -0.3 is 25.3 Å². The second-order valence-corrected chi connectivity index (χ2v) is 9.34. The summed E-state index contributed by atoms with van der Waals surface area (Å²) in [4.78, 5) is 32.2. The smallest absolute Gasteiger partial charge is 0.328 e. The average molecular weight is 552 g/mol. The van der Waals surface area contributed by atoms with Gasteiger partial charge in [-0.3, -0.25) is 4.79 Å². The van der Waals surface area contributed by atoms with Gasteiger partial charge in [-0.25, -0.2) is 14.2 Å². The van der Waals surface area contributed by atoms with Crippen molar-refractivity contribution in [2.45, 2.75) is 31.8 Å². The highest BCUT2D eigenvalue weighted by molar-refractivity contribution is 6.18. The number of esters is 1. The molecule has 3 rings (SSSR count). The number of carbonyl (C=O) groups is 2. The number of aromatic nitrogens is 2. The number of imidazole rings is 1. The fourth-order valence-electron chi connectivity index (χ4n) is 4.05. The van der Waals surface area contributed by atoms with Crippen LogP contribution in [0, 0.1) is 5.82 Å². The summed E-state index contributed by atoms with van der Waals surface area (Å²) in [5.74, 6) is 0.0928. The van der Waals surface area contributed by atoms with E-state index in [-0.39, 0.29) is 25.3 Å². The number of amides is 1. The van der Waals surface area contributed by atoms with Crippen LogP contribution in [-0.4, -0.2) is 65.0 Å². The van der Waals surface area contributed by atoms with Crippen LogP contribution in [-0.2, 0) is 34.2 Å². The van der Waals surface area contributed by atoms with Gasteiger partial charge in [0.2, 0.25) is 5.91 Å². The first-order chi connectivity index (χ1) is 17.8. The molecular weight excluding hydrogens is 520 g/mol. The van der Waals surface area contributed by atoms with Crippen molar-refractivity contribution in [2.24, 2.45) is 12.8 Å². The number of ether oxygens (including phenoxy) is 1. The van der Waals surface area contributed by atoms with Crippen molar-refractivity contribution in [3.8, 4) is 0 Å². The van der Waals surface area contributed by atoms with Crippen LogP contribution in [0.3, 0.4) is 0 Å². The number of nitrogens with zero attached hydrogens (tertiary/aromatic N) is 3. The third-order valence-electron chi connectivity index (χ3n) is 6.01. The number of halogens is 3. The molecule has 0 aliphatic carbocycles. The van der Waals surface area contributed by atoms with Gasteiger partial charge in [-0.1, -0.05) is 12.1 Å². The van der Waals surface area contributed by atoms with Crippen molar-refractivity contribution >= 4 is 51.8 Å².